The van der Waals surface area contributed by atoms with E-state index >= 15 is 0 Å². The van der Waals surface area contributed by atoms with Crippen LogP contribution in [0.5, 0.6) is 0 Å². The summed E-state index contributed by atoms with van der Waals surface area (Å²) in [5.74, 6) is 4.88. The fraction of sp³-hybridized carbons (Fsp3) is 0.857. The molecule has 1 heterocycles. The third-order valence-electron chi connectivity index (χ3n) is 2.01. The Labute approximate surface area is 66.5 Å². The summed E-state index contributed by atoms with van der Waals surface area (Å²) in [4.78, 5) is 10.8. The van der Waals surface area contributed by atoms with Crippen LogP contribution in [0.1, 0.15) is 25.7 Å². The van der Waals surface area contributed by atoms with Crippen molar-refractivity contribution in [2.75, 3.05) is 6.54 Å². The van der Waals surface area contributed by atoms with Crippen molar-refractivity contribution in [3.8, 4) is 0 Å². The number of amides is 1. The van der Waals surface area contributed by atoms with E-state index in [4.69, 9.17) is 5.84 Å². The van der Waals surface area contributed by atoms with Gasteiger partial charge in [0.1, 0.15) is 0 Å². The predicted octanol–water partition coefficient (Wildman–Crippen LogP) is -0.492. The molecule has 4 N–H and O–H groups in total. The van der Waals surface area contributed by atoms with Crippen molar-refractivity contribution in [3.05, 3.63) is 0 Å². The first-order valence-electron chi connectivity index (χ1n) is 4.06. The van der Waals surface area contributed by atoms with Crippen LogP contribution in [0.2, 0.25) is 0 Å². The first kappa shape index (κ1) is 8.49. The summed E-state index contributed by atoms with van der Waals surface area (Å²) in [6.45, 7) is 1.03. The van der Waals surface area contributed by atoms with Crippen LogP contribution in [0.25, 0.3) is 0 Å². The zero-order valence-corrected chi connectivity index (χ0v) is 6.60. The Morgan fingerprint density at radius 3 is 3.00 bits per heavy atom. The highest BCUT2D eigenvalue weighted by Gasteiger charge is 2.14. The molecule has 1 saturated heterocycles. The standard InChI is InChI=1S/C7H15N3O/c8-10-7(11)5-6-3-1-2-4-9-6/h6,9H,1-5,8H2,(H,10,11). The first-order valence-corrected chi connectivity index (χ1v) is 4.06. The van der Waals surface area contributed by atoms with Gasteiger partial charge in [-0.2, -0.15) is 0 Å². The SMILES string of the molecule is NNC(=O)CC1CCCCN1. The van der Waals surface area contributed by atoms with E-state index in [1.807, 2.05) is 0 Å². The first-order chi connectivity index (χ1) is 5.33. The molecule has 4 nitrogen and oxygen atoms in total. The molecule has 1 unspecified atom stereocenters. The summed E-state index contributed by atoms with van der Waals surface area (Å²) < 4.78 is 0. The maximum atomic E-state index is 10.8. The summed E-state index contributed by atoms with van der Waals surface area (Å²) >= 11 is 0. The second kappa shape index (κ2) is 4.31. The minimum Gasteiger partial charge on any atom is -0.313 e. The quantitative estimate of drug-likeness (QED) is 0.288. The van der Waals surface area contributed by atoms with E-state index in [0.29, 0.717) is 12.5 Å². The lowest BCUT2D eigenvalue weighted by molar-refractivity contribution is -0.121. The van der Waals surface area contributed by atoms with E-state index in [0.717, 1.165) is 13.0 Å². The van der Waals surface area contributed by atoms with Gasteiger partial charge >= 0.3 is 0 Å². The average Bonchev–Trinajstić information content (AvgIpc) is 2.06. The van der Waals surface area contributed by atoms with Crippen LogP contribution >= 0.6 is 0 Å². The molecule has 11 heavy (non-hydrogen) atoms. The van der Waals surface area contributed by atoms with Crippen molar-refractivity contribution in [2.45, 2.75) is 31.7 Å². The summed E-state index contributed by atoms with van der Waals surface area (Å²) in [6, 6.07) is 0.340. The van der Waals surface area contributed by atoms with E-state index in [-0.39, 0.29) is 5.91 Å². The third-order valence-corrected chi connectivity index (χ3v) is 2.01. The Kier molecular flexibility index (Phi) is 3.32. The molecule has 0 aliphatic carbocycles. The molecule has 1 amide bonds. The number of carbonyl (C=O) groups excluding carboxylic acids is 1. The number of nitrogens with two attached hydrogens (primary N) is 1. The van der Waals surface area contributed by atoms with Gasteiger partial charge in [0.25, 0.3) is 0 Å². The van der Waals surface area contributed by atoms with Gasteiger partial charge in [0.2, 0.25) is 5.91 Å². The molecule has 0 spiro atoms. The molecule has 4 heteroatoms. The highest BCUT2D eigenvalue weighted by atomic mass is 16.2. The Morgan fingerprint density at radius 1 is 1.64 bits per heavy atom. The lowest BCUT2D eigenvalue weighted by Crippen LogP contribution is -2.40. The summed E-state index contributed by atoms with van der Waals surface area (Å²) in [6.07, 6.45) is 4.04. The maximum Gasteiger partial charge on any atom is 0.235 e. The smallest absolute Gasteiger partial charge is 0.235 e. The van der Waals surface area contributed by atoms with Gasteiger partial charge < -0.3 is 5.32 Å². The van der Waals surface area contributed by atoms with Gasteiger partial charge in [-0.05, 0) is 19.4 Å². The molecular weight excluding hydrogens is 142 g/mol. The monoisotopic (exact) mass is 157 g/mol. The summed E-state index contributed by atoms with van der Waals surface area (Å²) in [7, 11) is 0. The van der Waals surface area contributed by atoms with Crippen LogP contribution in [0.3, 0.4) is 0 Å². The van der Waals surface area contributed by atoms with Crippen LogP contribution in [0, 0.1) is 0 Å². The van der Waals surface area contributed by atoms with Crippen molar-refractivity contribution in [3.63, 3.8) is 0 Å². The molecule has 1 aliphatic rings. The zero-order valence-electron chi connectivity index (χ0n) is 6.60. The molecule has 1 atom stereocenters. The van der Waals surface area contributed by atoms with E-state index < -0.39 is 0 Å². The van der Waals surface area contributed by atoms with Crippen LogP contribution in [-0.2, 0) is 4.79 Å². The van der Waals surface area contributed by atoms with Crippen molar-refractivity contribution >= 4 is 5.91 Å². The van der Waals surface area contributed by atoms with Crippen molar-refractivity contribution in [1.82, 2.24) is 10.7 Å². The lowest BCUT2D eigenvalue weighted by atomic mass is 10.0. The van der Waals surface area contributed by atoms with Gasteiger partial charge in [0.05, 0.1) is 0 Å². The minimum absolute atomic E-state index is 0.0793. The highest BCUT2D eigenvalue weighted by Crippen LogP contribution is 2.09. The number of carbonyl (C=O) groups is 1. The molecule has 0 radical (unpaired) electrons. The van der Waals surface area contributed by atoms with Crippen molar-refractivity contribution in [2.24, 2.45) is 5.84 Å². The predicted molar refractivity (Wildman–Crippen MR) is 42.6 cm³/mol. The largest absolute Gasteiger partial charge is 0.313 e. The Hall–Kier alpha value is -0.610. The van der Waals surface area contributed by atoms with Crippen molar-refractivity contribution < 1.29 is 4.79 Å². The number of hydrogen-bond acceptors (Lipinski definition) is 3. The molecule has 0 aromatic carbocycles. The van der Waals surface area contributed by atoms with Gasteiger partial charge in [-0.25, -0.2) is 5.84 Å². The Morgan fingerprint density at radius 2 is 2.45 bits per heavy atom. The van der Waals surface area contributed by atoms with Crippen LogP contribution < -0.4 is 16.6 Å². The number of hydrogen-bond donors (Lipinski definition) is 3. The summed E-state index contributed by atoms with van der Waals surface area (Å²) in [5, 5.41) is 3.27. The second-order valence-corrected chi connectivity index (χ2v) is 2.92. The van der Waals surface area contributed by atoms with Crippen LogP contribution in [0.15, 0.2) is 0 Å². The van der Waals surface area contributed by atoms with Gasteiger partial charge in [-0.1, -0.05) is 6.42 Å². The molecular formula is C7H15N3O. The molecule has 64 valence electrons. The van der Waals surface area contributed by atoms with E-state index in [2.05, 4.69) is 10.7 Å². The average molecular weight is 157 g/mol. The number of rotatable bonds is 2. The number of nitrogens with one attached hydrogen (secondary N) is 2. The van der Waals surface area contributed by atoms with Gasteiger partial charge in [-0.15, -0.1) is 0 Å². The maximum absolute atomic E-state index is 10.8. The normalized spacial score (nSPS) is 24.6. The van der Waals surface area contributed by atoms with Crippen LogP contribution in [0.4, 0.5) is 0 Å². The van der Waals surface area contributed by atoms with E-state index in [9.17, 15) is 4.79 Å². The van der Waals surface area contributed by atoms with Crippen molar-refractivity contribution in [1.29, 1.82) is 0 Å². The molecule has 0 saturated carbocycles. The third kappa shape index (κ3) is 2.86. The lowest BCUT2D eigenvalue weighted by Gasteiger charge is -2.22. The molecule has 0 aromatic rings. The minimum atomic E-state index is -0.0793. The fourth-order valence-corrected chi connectivity index (χ4v) is 1.38. The Bertz CT molecular complexity index is 132. The van der Waals surface area contributed by atoms with Gasteiger partial charge in [0, 0.05) is 12.5 Å². The Balaban J connectivity index is 2.19. The molecule has 0 aromatic heterocycles. The van der Waals surface area contributed by atoms with Gasteiger partial charge in [-0.3, -0.25) is 10.2 Å². The zero-order chi connectivity index (χ0) is 8.10. The second-order valence-electron chi connectivity index (χ2n) is 2.92. The summed E-state index contributed by atoms with van der Waals surface area (Å²) in [5.41, 5.74) is 2.13. The molecule has 1 aliphatic heterocycles. The number of piperidine rings is 1. The highest BCUT2D eigenvalue weighted by molar-refractivity contribution is 5.75. The molecule has 0 bridgehead atoms. The van der Waals surface area contributed by atoms with Gasteiger partial charge in [0.15, 0.2) is 0 Å². The topological polar surface area (TPSA) is 67.1 Å². The van der Waals surface area contributed by atoms with E-state index in [1.54, 1.807) is 0 Å². The number of hydrazine groups is 1. The fourth-order valence-electron chi connectivity index (χ4n) is 1.38. The van der Waals surface area contributed by atoms with Crippen LogP contribution in [-0.4, -0.2) is 18.5 Å². The van der Waals surface area contributed by atoms with E-state index in [1.165, 1.54) is 12.8 Å². The molecule has 1 rings (SSSR count). The molecule has 1 fully saturated rings.